The van der Waals surface area contributed by atoms with Gasteiger partial charge in [-0.05, 0) is 48.7 Å². The van der Waals surface area contributed by atoms with Crippen LogP contribution in [-0.2, 0) is 23.3 Å². The van der Waals surface area contributed by atoms with Gasteiger partial charge in [-0.2, -0.15) is 0 Å². The Morgan fingerprint density at radius 3 is 2.83 bits per heavy atom. The molecule has 0 spiro atoms. The van der Waals surface area contributed by atoms with Crippen molar-refractivity contribution in [3.05, 3.63) is 59.9 Å². The van der Waals surface area contributed by atoms with E-state index in [1.165, 1.54) is 17.7 Å². The second-order valence-corrected chi connectivity index (χ2v) is 9.92. The van der Waals surface area contributed by atoms with E-state index in [9.17, 15) is 8.42 Å². The van der Waals surface area contributed by atoms with Crippen LogP contribution in [0.4, 0.5) is 0 Å². The third kappa shape index (κ3) is 2.52. The van der Waals surface area contributed by atoms with E-state index in [1.807, 2.05) is 24.3 Å². The molecule has 29 heavy (non-hydrogen) atoms. The molecule has 0 radical (unpaired) electrons. The van der Waals surface area contributed by atoms with E-state index < -0.39 is 9.84 Å². The Bertz CT molecular complexity index is 1370. The predicted octanol–water partition coefficient (Wildman–Crippen LogP) is 4.26. The number of hydrogen-bond donors (Lipinski definition) is 2. The van der Waals surface area contributed by atoms with Gasteiger partial charge >= 0.3 is 0 Å². The summed E-state index contributed by atoms with van der Waals surface area (Å²) in [4.78, 5) is 3.77. The van der Waals surface area contributed by atoms with Crippen molar-refractivity contribution in [3.63, 3.8) is 0 Å². The van der Waals surface area contributed by atoms with Gasteiger partial charge in [-0.15, -0.1) is 12.4 Å². The highest BCUT2D eigenvalue weighted by Crippen LogP contribution is 2.42. The summed E-state index contributed by atoms with van der Waals surface area (Å²) >= 11 is 0. The van der Waals surface area contributed by atoms with Crippen molar-refractivity contribution < 1.29 is 8.42 Å². The zero-order valence-electron chi connectivity index (χ0n) is 16.0. The van der Waals surface area contributed by atoms with Gasteiger partial charge in [-0.25, -0.2) is 8.42 Å². The Balaban J connectivity index is 0.00000181. The Morgan fingerprint density at radius 1 is 1.10 bits per heavy atom. The number of para-hydroxylation sites is 1. The summed E-state index contributed by atoms with van der Waals surface area (Å²) in [6.45, 7) is 0. The first-order chi connectivity index (χ1) is 13.5. The number of aromatic nitrogens is 2. The van der Waals surface area contributed by atoms with Gasteiger partial charge in [0.15, 0.2) is 0 Å². The monoisotopic (exact) mass is 427 g/mol. The van der Waals surface area contributed by atoms with Gasteiger partial charge in [-0.3, -0.25) is 0 Å². The first kappa shape index (κ1) is 18.7. The highest BCUT2D eigenvalue weighted by atomic mass is 35.5. The lowest BCUT2D eigenvalue weighted by Gasteiger charge is -2.23. The molecule has 2 atom stereocenters. The van der Waals surface area contributed by atoms with Crippen LogP contribution < -0.4 is 5.32 Å². The number of hydrogen-bond acceptors (Lipinski definition) is 3. The number of aryl methyl sites for hydroxylation is 1. The zero-order chi connectivity index (χ0) is 19.0. The van der Waals surface area contributed by atoms with Crippen molar-refractivity contribution in [2.45, 2.75) is 41.1 Å². The van der Waals surface area contributed by atoms with Crippen LogP contribution in [0.1, 0.15) is 30.1 Å². The largest absolute Gasteiger partial charge is 0.360 e. The van der Waals surface area contributed by atoms with Crippen molar-refractivity contribution in [3.8, 4) is 0 Å². The fourth-order valence-electron chi connectivity index (χ4n) is 5.16. The molecule has 5 nitrogen and oxygen atoms in total. The third-order valence-electron chi connectivity index (χ3n) is 6.51. The van der Waals surface area contributed by atoms with Crippen LogP contribution in [0.25, 0.3) is 21.8 Å². The lowest BCUT2D eigenvalue weighted by Crippen LogP contribution is -2.32. The second-order valence-electron chi connectivity index (χ2n) is 8.00. The SMILES string of the molecule is Cl.Cn1c2c(c3cc(S(=O)(=O)c4cccc5cc[nH]c45)ccc31)C1CCC(C2)N1. The third-order valence-corrected chi connectivity index (χ3v) is 8.31. The summed E-state index contributed by atoms with van der Waals surface area (Å²) in [5, 5.41) is 5.66. The van der Waals surface area contributed by atoms with Crippen molar-refractivity contribution >= 4 is 44.1 Å². The summed E-state index contributed by atoms with van der Waals surface area (Å²) in [6.07, 6.45) is 5.10. The molecular weight excluding hydrogens is 406 g/mol. The molecule has 1 fully saturated rings. The van der Waals surface area contributed by atoms with Crippen molar-refractivity contribution in [2.24, 2.45) is 7.05 Å². The smallest absolute Gasteiger partial charge is 0.208 e. The summed E-state index contributed by atoms with van der Waals surface area (Å²) < 4.78 is 29.2. The molecular formula is C22H22ClN3O2S. The highest BCUT2D eigenvalue weighted by molar-refractivity contribution is 7.91. The molecule has 4 aromatic rings. The molecule has 2 aromatic carbocycles. The number of benzene rings is 2. The van der Waals surface area contributed by atoms with E-state index >= 15 is 0 Å². The molecule has 7 heteroatoms. The van der Waals surface area contributed by atoms with Gasteiger partial charge in [0.05, 0.1) is 15.3 Å². The minimum Gasteiger partial charge on any atom is -0.360 e. The standard InChI is InChI=1S/C22H21N3O2S.ClH/c1-25-18-8-6-15(12-16(18)21-17-7-5-14(24-17)11-19(21)25)28(26,27)20-4-2-3-13-9-10-23-22(13)20;/h2-4,6,8-10,12,14,17,23-24H,5,7,11H2,1H3;1H. The van der Waals surface area contributed by atoms with E-state index in [2.05, 4.69) is 21.9 Å². The summed E-state index contributed by atoms with van der Waals surface area (Å²) in [5.74, 6) is 0. The highest BCUT2D eigenvalue weighted by Gasteiger charge is 2.36. The molecule has 2 aromatic heterocycles. The molecule has 2 aliphatic heterocycles. The number of sulfone groups is 1. The number of nitrogens with zero attached hydrogens (tertiary/aromatic N) is 1. The molecule has 4 heterocycles. The Morgan fingerprint density at radius 2 is 1.97 bits per heavy atom. The van der Waals surface area contributed by atoms with Crippen molar-refractivity contribution in [1.29, 1.82) is 0 Å². The van der Waals surface area contributed by atoms with Gasteiger partial charge in [0.1, 0.15) is 0 Å². The lowest BCUT2D eigenvalue weighted by molar-refractivity contribution is 0.503. The molecule has 0 saturated carbocycles. The Labute approximate surface area is 175 Å². The molecule has 0 amide bonds. The fraction of sp³-hybridized carbons (Fsp3) is 0.273. The number of nitrogens with one attached hydrogen (secondary N) is 2. The normalized spacial score (nSPS) is 20.7. The summed E-state index contributed by atoms with van der Waals surface area (Å²) in [7, 11) is -1.52. The van der Waals surface area contributed by atoms with Gasteiger partial charge in [0.25, 0.3) is 0 Å². The lowest BCUT2D eigenvalue weighted by atomic mass is 9.99. The van der Waals surface area contributed by atoms with Crippen LogP contribution in [-0.4, -0.2) is 24.0 Å². The molecule has 2 aliphatic rings. The quantitative estimate of drug-likeness (QED) is 0.502. The number of H-pyrrole nitrogens is 1. The molecule has 2 N–H and O–H groups in total. The fourth-order valence-corrected chi connectivity index (χ4v) is 6.63. The van der Waals surface area contributed by atoms with E-state index in [-0.39, 0.29) is 12.4 Å². The number of rotatable bonds is 2. The molecule has 0 aliphatic carbocycles. The van der Waals surface area contributed by atoms with Crippen molar-refractivity contribution in [2.75, 3.05) is 0 Å². The summed E-state index contributed by atoms with van der Waals surface area (Å²) in [5.41, 5.74) is 4.41. The van der Waals surface area contributed by atoms with Crippen LogP contribution in [0, 0.1) is 0 Å². The average Bonchev–Trinajstić information content (AvgIpc) is 3.39. The molecule has 1 saturated heterocycles. The van der Waals surface area contributed by atoms with Gasteiger partial charge < -0.3 is 14.9 Å². The molecule has 2 unspecified atom stereocenters. The van der Waals surface area contributed by atoms with Crippen LogP contribution in [0.15, 0.2) is 58.5 Å². The Kier molecular flexibility index (Phi) is 4.11. The first-order valence-corrected chi connectivity index (χ1v) is 11.2. The van der Waals surface area contributed by atoms with Gasteiger partial charge in [0, 0.05) is 53.7 Å². The number of fused-ring (bicyclic) bond motifs is 7. The maximum Gasteiger partial charge on any atom is 0.208 e. The molecule has 6 rings (SSSR count). The minimum atomic E-state index is -3.62. The number of halogens is 1. The van der Waals surface area contributed by atoms with Crippen LogP contribution in [0.5, 0.6) is 0 Å². The maximum atomic E-state index is 13.5. The summed E-state index contributed by atoms with van der Waals surface area (Å²) in [6, 6.07) is 13.8. The van der Waals surface area contributed by atoms with Crippen LogP contribution >= 0.6 is 12.4 Å². The Hall–Kier alpha value is -2.28. The van der Waals surface area contributed by atoms with Crippen molar-refractivity contribution in [1.82, 2.24) is 14.9 Å². The van der Waals surface area contributed by atoms with Gasteiger partial charge in [0.2, 0.25) is 9.84 Å². The zero-order valence-corrected chi connectivity index (χ0v) is 17.6. The first-order valence-electron chi connectivity index (χ1n) is 9.72. The van der Waals surface area contributed by atoms with Crippen LogP contribution in [0.2, 0.25) is 0 Å². The van der Waals surface area contributed by atoms with E-state index in [0.717, 1.165) is 29.1 Å². The van der Waals surface area contributed by atoms with Gasteiger partial charge in [-0.1, -0.05) is 12.1 Å². The maximum absolute atomic E-state index is 13.5. The topological polar surface area (TPSA) is 66.9 Å². The van der Waals surface area contributed by atoms with E-state index in [1.54, 1.807) is 24.4 Å². The number of aromatic amines is 1. The molecule has 150 valence electrons. The average molecular weight is 428 g/mol. The second kappa shape index (κ2) is 6.36. The predicted molar refractivity (Wildman–Crippen MR) is 117 cm³/mol. The molecule has 2 bridgehead atoms. The minimum absolute atomic E-state index is 0. The van der Waals surface area contributed by atoms with Crippen LogP contribution in [0.3, 0.4) is 0 Å². The van der Waals surface area contributed by atoms with E-state index in [0.29, 0.717) is 27.4 Å². The van der Waals surface area contributed by atoms with E-state index in [4.69, 9.17) is 0 Å².